The zero-order valence-corrected chi connectivity index (χ0v) is 17.8. The average Bonchev–Trinajstić information content (AvgIpc) is 2.66. The van der Waals surface area contributed by atoms with Crippen molar-refractivity contribution < 1.29 is 13.9 Å². The number of benzene rings is 1. The van der Waals surface area contributed by atoms with Gasteiger partial charge in [-0.05, 0) is 52.1 Å². The van der Waals surface area contributed by atoms with E-state index in [9.17, 15) is 4.39 Å². The highest BCUT2D eigenvalue weighted by Crippen LogP contribution is 2.25. The van der Waals surface area contributed by atoms with Crippen molar-refractivity contribution in [2.45, 2.75) is 38.6 Å². The van der Waals surface area contributed by atoms with Gasteiger partial charge >= 0.3 is 0 Å². The van der Waals surface area contributed by atoms with Crippen LogP contribution in [0.25, 0.3) is 0 Å². The molecule has 1 N–H and O–H groups in total. The molecule has 1 saturated heterocycles. The monoisotopic (exact) mass is 394 g/mol. The molecule has 158 valence electrons. The van der Waals surface area contributed by atoms with Crippen molar-refractivity contribution in [1.29, 1.82) is 0 Å². The maximum absolute atomic E-state index is 13.2. The van der Waals surface area contributed by atoms with Gasteiger partial charge in [0.25, 0.3) is 0 Å². The lowest BCUT2D eigenvalue weighted by atomic mass is 10.1. The van der Waals surface area contributed by atoms with Crippen molar-refractivity contribution in [3.63, 3.8) is 0 Å². The van der Waals surface area contributed by atoms with Gasteiger partial charge in [-0.2, -0.15) is 0 Å². The van der Waals surface area contributed by atoms with Crippen LogP contribution in [-0.4, -0.2) is 81.9 Å². The van der Waals surface area contributed by atoms with Crippen molar-refractivity contribution in [3.05, 3.63) is 35.6 Å². The van der Waals surface area contributed by atoms with E-state index in [1.807, 2.05) is 6.92 Å². The smallest absolute Gasteiger partial charge is 0.193 e. The van der Waals surface area contributed by atoms with E-state index in [2.05, 4.69) is 41.1 Å². The Bertz CT molecular complexity index is 609. The van der Waals surface area contributed by atoms with E-state index in [0.717, 1.165) is 31.0 Å². The van der Waals surface area contributed by atoms with Crippen LogP contribution in [0.5, 0.6) is 0 Å². The predicted octanol–water partition coefficient (Wildman–Crippen LogP) is 2.52. The Hall–Kier alpha value is -1.70. The van der Waals surface area contributed by atoms with Crippen LogP contribution in [0.4, 0.5) is 4.39 Å². The lowest BCUT2D eigenvalue weighted by Crippen LogP contribution is -2.52. The Balaban J connectivity index is 1.98. The molecular weight excluding hydrogens is 359 g/mol. The number of ether oxygens (including phenoxy) is 2. The van der Waals surface area contributed by atoms with Gasteiger partial charge in [0.05, 0.1) is 18.8 Å². The van der Waals surface area contributed by atoms with E-state index in [0.29, 0.717) is 19.7 Å². The maximum Gasteiger partial charge on any atom is 0.193 e. The fourth-order valence-electron chi connectivity index (χ4n) is 3.41. The molecule has 0 bridgehead atoms. The number of nitrogens with one attached hydrogen (secondary N) is 1. The first-order valence-electron chi connectivity index (χ1n) is 10.1. The highest BCUT2D eigenvalue weighted by atomic mass is 19.1. The zero-order valence-electron chi connectivity index (χ0n) is 17.8. The molecule has 3 atom stereocenters. The maximum atomic E-state index is 13.2. The summed E-state index contributed by atoms with van der Waals surface area (Å²) in [6.45, 7) is 7.89. The lowest BCUT2D eigenvalue weighted by Gasteiger charge is -2.39. The second-order valence-corrected chi connectivity index (χ2v) is 7.49. The Morgan fingerprint density at radius 1 is 1.36 bits per heavy atom. The van der Waals surface area contributed by atoms with E-state index in [1.54, 1.807) is 19.2 Å². The standard InChI is InChI=1S/C21H35FN4O2/c1-6-27-19(11-12-25(4)5)13-24-21(23-3)26-14-16(2)28-20(15-26)17-7-9-18(22)10-8-17/h7-10,16,19-20H,6,11-15H2,1-5H3,(H,23,24). The number of morpholine rings is 1. The molecule has 1 heterocycles. The molecule has 0 aromatic heterocycles. The SMILES string of the molecule is CCOC(CCN(C)C)CNC(=NC)N1CC(C)OC(c2ccc(F)cc2)C1. The molecule has 28 heavy (non-hydrogen) atoms. The van der Waals surface area contributed by atoms with Gasteiger partial charge < -0.3 is 24.6 Å². The molecule has 0 saturated carbocycles. The van der Waals surface area contributed by atoms with E-state index in [-0.39, 0.29) is 24.1 Å². The summed E-state index contributed by atoms with van der Waals surface area (Å²) in [5, 5.41) is 3.47. The van der Waals surface area contributed by atoms with Gasteiger partial charge in [-0.1, -0.05) is 12.1 Å². The number of halogens is 1. The van der Waals surface area contributed by atoms with Gasteiger partial charge in [0.1, 0.15) is 11.9 Å². The minimum Gasteiger partial charge on any atom is -0.377 e. The minimum absolute atomic E-state index is 0.0544. The number of nitrogens with zero attached hydrogens (tertiary/aromatic N) is 3. The highest BCUT2D eigenvalue weighted by Gasteiger charge is 2.28. The molecule has 0 spiro atoms. The summed E-state index contributed by atoms with van der Waals surface area (Å²) in [6, 6.07) is 6.54. The molecular formula is C21H35FN4O2. The van der Waals surface area contributed by atoms with Crippen LogP contribution in [-0.2, 0) is 9.47 Å². The molecule has 0 aliphatic carbocycles. The summed E-state index contributed by atoms with van der Waals surface area (Å²) >= 11 is 0. The molecule has 6 nitrogen and oxygen atoms in total. The van der Waals surface area contributed by atoms with Crippen molar-refractivity contribution in [1.82, 2.24) is 15.1 Å². The normalized spacial score (nSPS) is 21.8. The van der Waals surface area contributed by atoms with Gasteiger partial charge in [0, 0.05) is 33.3 Å². The summed E-state index contributed by atoms with van der Waals surface area (Å²) in [6.07, 6.45) is 1.04. The Morgan fingerprint density at radius 3 is 2.68 bits per heavy atom. The third-order valence-corrected chi connectivity index (χ3v) is 4.80. The number of rotatable bonds is 8. The van der Waals surface area contributed by atoms with E-state index >= 15 is 0 Å². The predicted molar refractivity (Wildman–Crippen MR) is 111 cm³/mol. The summed E-state index contributed by atoms with van der Waals surface area (Å²) in [5.41, 5.74) is 0.978. The molecule has 0 radical (unpaired) electrons. The number of hydrogen-bond donors (Lipinski definition) is 1. The second-order valence-electron chi connectivity index (χ2n) is 7.49. The molecule has 1 fully saturated rings. The Kier molecular flexibility index (Phi) is 9.15. The molecule has 1 aromatic carbocycles. The summed E-state index contributed by atoms with van der Waals surface area (Å²) in [7, 11) is 5.94. The van der Waals surface area contributed by atoms with E-state index < -0.39 is 0 Å². The first-order valence-corrected chi connectivity index (χ1v) is 10.1. The lowest BCUT2D eigenvalue weighted by molar-refractivity contribution is -0.0607. The van der Waals surface area contributed by atoms with Crippen molar-refractivity contribution >= 4 is 5.96 Å². The fraction of sp³-hybridized carbons (Fsp3) is 0.667. The molecule has 1 aliphatic rings. The number of aliphatic imine (C=N–C) groups is 1. The van der Waals surface area contributed by atoms with Gasteiger partial charge in [-0.25, -0.2) is 4.39 Å². The third kappa shape index (κ3) is 7.04. The third-order valence-electron chi connectivity index (χ3n) is 4.80. The summed E-state index contributed by atoms with van der Waals surface area (Å²) in [4.78, 5) is 8.84. The molecule has 1 aliphatic heterocycles. The summed E-state index contributed by atoms with van der Waals surface area (Å²) < 4.78 is 25.2. The van der Waals surface area contributed by atoms with Crippen LogP contribution in [0.1, 0.15) is 31.9 Å². The van der Waals surface area contributed by atoms with Crippen molar-refractivity contribution in [2.75, 3.05) is 53.9 Å². The molecule has 1 aromatic rings. The highest BCUT2D eigenvalue weighted by molar-refractivity contribution is 5.80. The van der Waals surface area contributed by atoms with Crippen LogP contribution in [0.15, 0.2) is 29.3 Å². The van der Waals surface area contributed by atoms with Gasteiger partial charge in [0.15, 0.2) is 5.96 Å². The first kappa shape index (κ1) is 22.6. The molecule has 0 amide bonds. The van der Waals surface area contributed by atoms with Gasteiger partial charge in [0.2, 0.25) is 0 Å². The first-order chi connectivity index (χ1) is 13.4. The topological polar surface area (TPSA) is 49.3 Å². The summed E-state index contributed by atoms with van der Waals surface area (Å²) in [5.74, 6) is 0.610. The van der Waals surface area contributed by atoms with Crippen LogP contribution >= 0.6 is 0 Å². The van der Waals surface area contributed by atoms with Crippen LogP contribution in [0.2, 0.25) is 0 Å². The molecule has 7 heteroatoms. The Labute approximate surface area is 168 Å². The number of hydrogen-bond acceptors (Lipinski definition) is 4. The second kappa shape index (κ2) is 11.3. The minimum atomic E-state index is -0.235. The van der Waals surface area contributed by atoms with Gasteiger partial charge in [-0.15, -0.1) is 0 Å². The molecule has 3 unspecified atom stereocenters. The van der Waals surface area contributed by atoms with E-state index in [1.165, 1.54) is 12.1 Å². The fourth-order valence-corrected chi connectivity index (χ4v) is 3.41. The zero-order chi connectivity index (χ0) is 20.5. The van der Waals surface area contributed by atoms with E-state index in [4.69, 9.17) is 9.47 Å². The largest absolute Gasteiger partial charge is 0.377 e. The van der Waals surface area contributed by atoms with Crippen molar-refractivity contribution in [2.24, 2.45) is 4.99 Å². The number of guanidine groups is 1. The van der Waals surface area contributed by atoms with Crippen LogP contribution < -0.4 is 5.32 Å². The average molecular weight is 395 g/mol. The van der Waals surface area contributed by atoms with Gasteiger partial charge in [-0.3, -0.25) is 4.99 Å². The van der Waals surface area contributed by atoms with Crippen molar-refractivity contribution in [3.8, 4) is 0 Å². The quantitative estimate of drug-likeness (QED) is 0.542. The Morgan fingerprint density at radius 2 is 2.07 bits per heavy atom. The molecule has 2 rings (SSSR count). The van der Waals surface area contributed by atoms with Crippen LogP contribution in [0, 0.1) is 5.82 Å². The van der Waals surface area contributed by atoms with Crippen LogP contribution in [0.3, 0.4) is 0 Å².